The number of hydrogen-bond donors (Lipinski definition) is 0. The van der Waals surface area contributed by atoms with Gasteiger partial charge in [0.05, 0.1) is 12.7 Å². The molecule has 0 bridgehead atoms. The van der Waals surface area contributed by atoms with Gasteiger partial charge in [0.2, 0.25) is 0 Å². The third-order valence-corrected chi connectivity index (χ3v) is 2.93. The molecule has 64 valence electrons. The summed E-state index contributed by atoms with van der Waals surface area (Å²) < 4.78 is 5.54. The van der Waals surface area contributed by atoms with Crippen LogP contribution in [0.25, 0.3) is 0 Å². The molecule has 0 aromatic heterocycles. The lowest BCUT2D eigenvalue weighted by molar-refractivity contribution is 0.0793. The van der Waals surface area contributed by atoms with Gasteiger partial charge in [-0.3, -0.25) is 0 Å². The minimum Gasteiger partial charge on any atom is -0.369 e. The van der Waals surface area contributed by atoms with E-state index in [0.717, 1.165) is 11.9 Å². The molecule has 1 aromatic rings. The Morgan fingerprint density at radius 1 is 1.58 bits per heavy atom. The summed E-state index contributed by atoms with van der Waals surface area (Å²) in [4.78, 5) is 0. The maximum atomic E-state index is 5.54. The first-order chi connectivity index (χ1) is 5.83. The van der Waals surface area contributed by atoms with E-state index in [9.17, 15) is 0 Å². The highest BCUT2D eigenvalue weighted by molar-refractivity contribution is 9.08. The second-order valence-electron chi connectivity index (χ2n) is 3.08. The van der Waals surface area contributed by atoms with Crippen molar-refractivity contribution in [2.45, 2.75) is 25.0 Å². The molecule has 0 spiro atoms. The molecule has 1 aliphatic heterocycles. The van der Waals surface area contributed by atoms with E-state index in [4.69, 9.17) is 4.74 Å². The van der Waals surface area contributed by atoms with Crippen LogP contribution >= 0.6 is 15.9 Å². The second-order valence-corrected chi connectivity index (χ2v) is 3.64. The molecule has 1 atom stereocenters. The summed E-state index contributed by atoms with van der Waals surface area (Å²) in [5.74, 6) is 0. The van der Waals surface area contributed by atoms with Crippen molar-refractivity contribution in [3.05, 3.63) is 34.9 Å². The van der Waals surface area contributed by atoms with Crippen LogP contribution in [0.15, 0.2) is 18.2 Å². The second kappa shape index (κ2) is 3.19. The summed E-state index contributed by atoms with van der Waals surface area (Å²) in [6, 6.07) is 6.39. The van der Waals surface area contributed by atoms with Crippen molar-refractivity contribution in [3.8, 4) is 0 Å². The van der Waals surface area contributed by atoms with Crippen LogP contribution in [-0.2, 0) is 16.7 Å². The smallest absolute Gasteiger partial charge is 0.0807 e. The van der Waals surface area contributed by atoms with Crippen molar-refractivity contribution in [1.29, 1.82) is 0 Å². The van der Waals surface area contributed by atoms with Gasteiger partial charge in [0.15, 0.2) is 0 Å². The van der Waals surface area contributed by atoms with E-state index in [-0.39, 0.29) is 6.10 Å². The Labute approximate surface area is 80.9 Å². The molecule has 0 amide bonds. The maximum Gasteiger partial charge on any atom is 0.0807 e. The van der Waals surface area contributed by atoms with Crippen LogP contribution in [0.3, 0.4) is 0 Å². The van der Waals surface area contributed by atoms with E-state index in [0.29, 0.717) is 0 Å². The molecule has 0 N–H and O–H groups in total. The van der Waals surface area contributed by atoms with Crippen LogP contribution in [0.4, 0.5) is 0 Å². The molecule has 1 nitrogen and oxygen atoms in total. The van der Waals surface area contributed by atoms with Gasteiger partial charge in [0, 0.05) is 5.33 Å². The SMILES string of the molecule is CC1OCc2cccc(CBr)c21. The Balaban J connectivity index is 2.53. The van der Waals surface area contributed by atoms with Gasteiger partial charge in [-0.15, -0.1) is 0 Å². The molecule has 1 aromatic carbocycles. The number of ether oxygens (including phenoxy) is 1. The topological polar surface area (TPSA) is 9.23 Å². The molecular weight excluding hydrogens is 216 g/mol. The van der Waals surface area contributed by atoms with E-state index in [1.54, 1.807) is 0 Å². The van der Waals surface area contributed by atoms with E-state index < -0.39 is 0 Å². The number of halogens is 1. The van der Waals surface area contributed by atoms with Crippen LogP contribution in [-0.4, -0.2) is 0 Å². The largest absolute Gasteiger partial charge is 0.369 e. The van der Waals surface area contributed by atoms with Crippen molar-refractivity contribution in [1.82, 2.24) is 0 Å². The average molecular weight is 227 g/mol. The number of fused-ring (bicyclic) bond motifs is 1. The molecule has 12 heavy (non-hydrogen) atoms. The molecule has 0 fully saturated rings. The number of alkyl halides is 1. The molecule has 0 radical (unpaired) electrons. The van der Waals surface area contributed by atoms with Crippen molar-refractivity contribution in [2.24, 2.45) is 0 Å². The summed E-state index contributed by atoms with van der Waals surface area (Å²) in [6.07, 6.45) is 0.272. The van der Waals surface area contributed by atoms with Crippen LogP contribution in [0.5, 0.6) is 0 Å². The molecule has 0 saturated carbocycles. The lowest BCUT2D eigenvalue weighted by atomic mass is 10.0. The number of benzene rings is 1. The lowest BCUT2D eigenvalue weighted by Crippen LogP contribution is -1.93. The third-order valence-electron chi connectivity index (χ3n) is 2.33. The van der Waals surface area contributed by atoms with Gasteiger partial charge in [-0.2, -0.15) is 0 Å². The highest BCUT2D eigenvalue weighted by Gasteiger charge is 2.21. The lowest BCUT2D eigenvalue weighted by Gasteiger charge is -2.07. The number of rotatable bonds is 1. The van der Waals surface area contributed by atoms with Crippen LogP contribution in [0.2, 0.25) is 0 Å². The van der Waals surface area contributed by atoms with E-state index >= 15 is 0 Å². The summed E-state index contributed by atoms with van der Waals surface area (Å²) in [5, 5.41) is 0.921. The van der Waals surface area contributed by atoms with Gasteiger partial charge >= 0.3 is 0 Å². The predicted molar refractivity (Wildman–Crippen MR) is 52.3 cm³/mol. The minimum absolute atomic E-state index is 0.272. The molecular formula is C10H11BrO. The van der Waals surface area contributed by atoms with E-state index in [1.165, 1.54) is 16.7 Å². The van der Waals surface area contributed by atoms with E-state index in [1.807, 2.05) is 0 Å². The zero-order chi connectivity index (χ0) is 8.55. The maximum absolute atomic E-state index is 5.54. The Morgan fingerprint density at radius 3 is 3.17 bits per heavy atom. The fourth-order valence-corrected chi connectivity index (χ4v) is 2.22. The molecule has 1 heterocycles. The Bertz CT molecular complexity index is 296. The highest BCUT2D eigenvalue weighted by Crippen LogP contribution is 2.33. The van der Waals surface area contributed by atoms with Gasteiger partial charge in [-0.05, 0) is 23.6 Å². The zero-order valence-electron chi connectivity index (χ0n) is 7.01. The quantitative estimate of drug-likeness (QED) is 0.669. The normalized spacial score (nSPS) is 21.0. The van der Waals surface area contributed by atoms with Gasteiger partial charge in [0.25, 0.3) is 0 Å². The van der Waals surface area contributed by atoms with Crippen molar-refractivity contribution >= 4 is 15.9 Å². The van der Waals surface area contributed by atoms with Crippen LogP contribution < -0.4 is 0 Å². The Kier molecular flexibility index (Phi) is 2.20. The highest BCUT2D eigenvalue weighted by atomic mass is 79.9. The molecule has 1 aliphatic rings. The fourth-order valence-electron chi connectivity index (χ4n) is 1.73. The molecule has 0 aliphatic carbocycles. The third kappa shape index (κ3) is 1.19. The van der Waals surface area contributed by atoms with Gasteiger partial charge in [-0.25, -0.2) is 0 Å². The van der Waals surface area contributed by atoms with Gasteiger partial charge < -0.3 is 4.74 Å². The predicted octanol–water partition coefficient (Wildman–Crippen LogP) is 3.17. The Hall–Kier alpha value is -0.340. The van der Waals surface area contributed by atoms with Crippen molar-refractivity contribution in [2.75, 3.05) is 0 Å². The van der Waals surface area contributed by atoms with Gasteiger partial charge in [0.1, 0.15) is 0 Å². The molecule has 1 unspecified atom stereocenters. The van der Waals surface area contributed by atoms with Crippen molar-refractivity contribution < 1.29 is 4.74 Å². The number of hydrogen-bond acceptors (Lipinski definition) is 1. The summed E-state index contributed by atoms with van der Waals surface area (Å²) in [7, 11) is 0. The molecule has 0 saturated heterocycles. The first-order valence-electron chi connectivity index (χ1n) is 4.11. The van der Waals surface area contributed by atoms with Crippen molar-refractivity contribution in [3.63, 3.8) is 0 Å². The first-order valence-corrected chi connectivity index (χ1v) is 5.23. The fraction of sp³-hybridized carbons (Fsp3) is 0.400. The average Bonchev–Trinajstić information content (AvgIpc) is 2.48. The summed E-state index contributed by atoms with van der Waals surface area (Å²) in [5.41, 5.74) is 4.09. The van der Waals surface area contributed by atoms with Crippen LogP contribution in [0, 0.1) is 0 Å². The monoisotopic (exact) mass is 226 g/mol. The van der Waals surface area contributed by atoms with Crippen LogP contribution in [0.1, 0.15) is 29.7 Å². The molecule has 2 rings (SSSR count). The standard InChI is InChI=1S/C10H11BrO/c1-7-10-8(5-11)3-2-4-9(10)6-12-7/h2-4,7H,5-6H2,1H3. The van der Waals surface area contributed by atoms with Gasteiger partial charge in [-0.1, -0.05) is 34.1 Å². The Morgan fingerprint density at radius 2 is 2.42 bits per heavy atom. The summed E-state index contributed by atoms with van der Waals surface area (Å²) >= 11 is 3.48. The van der Waals surface area contributed by atoms with E-state index in [2.05, 4.69) is 41.1 Å². The molecule has 2 heteroatoms. The summed E-state index contributed by atoms with van der Waals surface area (Å²) in [6.45, 7) is 2.88. The zero-order valence-corrected chi connectivity index (χ0v) is 8.60. The minimum atomic E-state index is 0.272. The first kappa shape index (κ1) is 8.27.